The number of amides is 1. The highest BCUT2D eigenvalue weighted by molar-refractivity contribution is 5.94. The molecule has 9 nitrogen and oxygen atoms in total. The first kappa shape index (κ1) is 16.4. The van der Waals surface area contributed by atoms with Crippen LogP contribution in [0, 0.1) is 10.1 Å². The molecule has 0 saturated heterocycles. The zero-order chi connectivity index (χ0) is 16.0. The number of nitro groups is 1. The summed E-state index contributed by atoms with van der Waals surface area (Å²) < 4.78 is 4.96. The summed E-state index contributed by atoms with van der Waals surface area (Å²) in [6.45, 7) is 0.0336. The summed E-state index contributed by atoms with van der Waals surface area (Å²) in [7, 11) is 1.34. The Morgan fingerprint density at radius 2 is 2.19 bits per heavy atom. The molecule has 0 spiro atoms. The molecule has 1 unspecified atom stereocenters. The number of methoxy groups -OCH3 is 1. The van der Waals surface area contributed by atoms with Gasteiger partial charge in [0, 0.05) is 25.3 Å². The van der Waals surface area contributed by atoms with E-state index in [1.165, 1.54) is 19.2 Å². The summed E-state index contributed by atoms with van der Waals surface area (Å²) in [6.07, 6.45) is -0.924. The van der Waals surface area contributed by atoms with Crippen LogP contribution in [0.15, 0.2) is 18.2 Å². The SMILES string of the molecule is COC(CNc1cc(C(N)=O)ccc1[N+](=O)[O-])CC(=O)O. The highest BCUT2D eigenvalue weighted by atomic mass is 16.6. The van der Waals surface area contributed by atoms with E-state index in [1.807, 2.05) is 0 Å². The number of primary amides is 1. The Morgan fingerprint density at radius 3 is 2.67 bits per heavy atom. The lowest BCUT2D eigenvalue weighted by Crippen LogP contribution is -2.25. The Hall–Kier alpha value is -2.68. The van der Waals surface area contributed by atoms with Crippen LogP contribution >= 0.6 is 0 Å². The van der Waals surface area contributed by atoms with Gasteiger partial charge in [0.25, 0.3) is 5.69 Å². The number of aliphatic carboxylic acids is 1. The molecule has 0 heterocycles. The van der Waals surface area contributed by atoms with E-state index < -0.39 is 22.9 Å². The number of rotatable bonds is 8. The first-order chi connectivity index (χ1) is 9.85. The molecule has 0 aliphatic heterocycles. The van der Waals surface area contributed by atoms with Gasteiger partial charge in [-0.2, -0.15) is 0 Å². The fourth-order valence-corrected chi connectivity index (χ4v) is 1.65. The van der Waals surface area contributed by atoms with Crippen molar-refractivity contribution in [2.45, 2.75) is 12.5 Å². The van der Waals surface area contributed by atoms with E-state index in [-0.39, 0.29) is 29.9 Å². The smallest absolute Gasteiger partial charge is 0.306 e. The van der Waals surface area contributed by atoms with Crippen molar-refractivity contribution < 1.29 is 24.4 Å². The van der Waals surface area contributed by atoms with Crippen LogP contribution in [0.5, 0.6) is 0 Å². The van der Waals surface area contributed by atoms with Gasteiger partial charge >= 0.3 is 5.97 Å². The predicted molar refractivity (Wildman–Crippen MR) is 73.2 cm³/mol. The van der Waals surface area contributed by atoms with Crippen LogP contribution < -0.4 is 11.1 Å². The third-order valence-corrected chi connectivity index (χ3v) is 2.73. The Labute approximate surface area is 119 Å². The lowest BCUT2D eigenvalue weighted by atomic mass is 10.1. The average molecular weight is 297 g/mol. The molecule has 1 aromatic rings. The molecular formula is C12H15N3O6. The number of nitrogens with zero attached hydrogens (tertiary/aromatic N) is 1. The molecule has 21 heavy (non-hydrogen) atoms. The minimum atomic E-state index is -1.05. The molecule has 114 valence electrons. The number of ether oxygens (including phenoxy) is 1. The second-order valence-electron chi connectivity index (χ2n) is 4.19. The fourth-order valence-electron chi connectivity index (χ4n) is 1.65. The molecule has 0 bridgehead atoms. The summed E-state index contributed by atoms with van der Waals surface area (Å²) in [4.78, 5) is 32.0. The van der Waals surface area contributed by atoms with Crippen LogP contribution in [0.1, 0.15) is 16.8 Å². The molecule has 0 fully saturated rings. The second-order valence-corrected chi connectivity index (χ2v) is 4.19. The molecule has 0 aliphatic rings. The molecule has 1 amide bonds. The summed E-state index contributed by atoms with van der Waals surface area (Å²) in [5, 5.41) is 22.3. The highest BCUT2D eigenvalue weighted by Gasteiger charge is 2.18. The molecule has 0 aromatic heterocycles. The van der Waals surface area contributed by atoms with Gasteiger partial charge in [0.2, 0.25) is 5.91 Å². The third-order valence-electron chi connectivity index (χ3n) is 2.73. The Balaban J connectivity index is 2.93. The Kier molecular flexibility index (Phi) is 5.61. The lowest BCUT2D eigenvalue weighted by Gasteiger charge is -2.15. The zero-order valence-corrected chi connectivity index (χ0v) is 11.2. The summed E-state index contributed by atoms with van der Waals surface area (Å²) in [5.41, 5.74) is 5.05. The molecular weight excluding hydrogens is 282 g/mol. The van der Waals surface area contributed by atoms with Gasteiger partial charge in [-0.3, -0.25) is 19.7 Å². The number of hydrogen-bond donors (Lipinski definition) is 3. The summed E-state index contributed by atoms with van der Waals surface area (Å²) in [6, 6.07) is 3.64. The number of carboxylic acid groups (broad SMARTS) is 1. The quantitative estimate of drug-likeness (QED) is 0.470. The zero-order valence-electron chi connectivity index (χ0n) is 11.2. The van der Waals surface area contributed by atoms with Gasteiger partial charge in [-0.15, -0.1) is 0 Å². The van der Waals surface area contributed by atoms with Gasteiger partial charge < -0.3 is 20.9 Å². The third kappa shape index (κ3) is 4.73. The van der Waals surface area contributed by atoms with Crippen LogP contribution in [0.2, 0.25) is 0 Å². The van der Waals surface area contributed by atoms with Gasteiger partial charge in [0.05, 0.1) is 17.4 Å². The highest BCUT2D eigenvalue weighted by Crippen LogP contribution is 2.25. The maximum absolute atomic E-state index is 11.1. The van der Waals surface area contributed by atoms with E-state index >= 15 is 0 Å². The monoisotopic (exact) mass is 297 g/mol. The summed E-state index contributed by atoms with van der Waals surface area (Å²) in [5.74, 6) is -1.77. The maximum atomic E-state index is 11.1. The number of benzene rings is 1. The van der Waals surface area contributed by atoms with Crippen LogP contribution in [0.25, 0.3) is 0 Å². The van der Waals surface area contributed by atoms with Crippen LogP contribution in [0.4, 0.5) is 11.4 Å². The van der Waals surface area contributed by atoms with E-state index in [4.69, 9.17) is 15.6 Å². The topological polar surface area (TPSA) is 145 Å². The van der Waals surface area contributed by atoms with E-state index in [1.54, 1.807) is 0 Å². The van der Waals surface area contributed by atoms with Crippen molar-refractivity contribution in [2.75, 3.05) is 19.0 Å². The number of nitrogens with two attached hydrogens (primary N) is 1. The van der Waals surface area contributed by atoms with Crippen molar-refractivity contribution in [1.29, 1.82) is 0 Å². The standard InChI is InChI=1S/C12H15N3O6/c1-21-8(5-11(16)17)6-14-9-4-7(12(13)18)2-3-10(9)15(19)20/h2-4,8,14H,5-6H2,1H3,(H2,13,18)(H,16,17). The van der Waals surface area contributed by atoms with Crippen molar-refractivity contribution in [3.05, 3.63) is 33.9 Å². The fraction of sp³-hybridized carbons (Fsp3) is 0.333. The number of nitrogens with one attached hydrogen (secondary N) is 1. The minimum Gasteiger partial charge on any atom is -0.481 e. The van der Waals surface area contributed by atoms with Crippen molar-refractivity contribution in [1.82, 2.24) is 0 Å². The molecule has 1 rings (SSSR count). The molecule has 4 N–H and O–H groups in total. The van der Waals surface area contributed by atoms with Crippen molar-refractivity contribution in [3.63, 3.8) is 0 Å². The molecule has 0 saturated carbocycles. The molecule has 0 aliphatic carbocycles. The molecule has 1 aromatic carbocycles. The number of anilines is 1. The first-order valence-electron chi connectivity index (χ1n) is 5.91. The number of nitro benzene ring substituents is 1. The first-order valence-corrected chi connectivity index (χ1v) is 5.91. The number of carboxylic acids is 1. The van der Waals surface area contributed by atoms with Crippen molar-refractivity contribution in [2.24, 2.45) is 5.73 Å². The van der Waals surface area contributed by atoms with Crippen LogP contribution in [-0.4, -0.2) is 41.7 Å². The Bertz CT molecular complexity index is 560. The van der Waals surface area contributed by atoms with Crippen molar-refractivity contribution in [3.8, 4) is 0 Å². The van der Waals surface area contributed by atoms with E-state index in [0.29, 0.717) is 0 Å². The minimum absolute atomic E-state index is 0.0336. The maximum Gasteiger partial charge on any atom is 0.306 e. The van der Waals surface area contributed by atoms with Crippen LogP contribution in [0.3, 0.4) is 0 Å². The van der Waals surface area contributed by atoms with E-state index in [2.05, 4.69) is 5.32 Å². The lowest BCUT2D eigenvalue weighted by molar-refractivity contribution is -0.384. The number of carbonyl (C=O) groups is 2. The van der Waals surface area contributed by atoms with Crippen molar-refractivity contribution >= 4 is 23.3 Å². The largest absolute Gasteiger partial charge is 0.481 e. The average Bonchev–Trinajstić information content (AvgIpc) is 2.42. The van der Waals surface area contributed by atoms with Gasteiger partial charge in [0.1, 0.15) is 5.69 Å². The normalized spacial score (nSPS) is 11.7. The Morgan fingerprint density at radius 1 is 1.52 bits per heavy atom. The van der Waals surface area contributed by atoms with Gasteiger partial charge in [0.15, 0.2) is 0 Å². The number of carbonyl (C=O) groups excluding carboxylic acids is 1. The van der Waals surface area contributed by atoms with E-state index in [0.717, 1.165) is 6.07 Å². The van der Waals surface area contributed by atoms with Gasteiger partial charge in [-0.25, -0.2) is 0 Å². The number of hydrogen-bond acceptors (Lipinski definition) is 6. The van der Waals surface area contributed by atoms with Crippen LogP contribution in [-0.2, 0) is 9.53 Å². The second kappa shape index (κ2) is 7.20. The van der Waals surface area contributed by atoms with Gasteiger partial charge in [-0.1, -0.05) is 0 Å². The molecule has 9 heteroatoms. The predicted octanol–water partition coefficient (Wildman–Crippen LogP) is 0.595. The van der Waals surface area contributed by atoms with Gasteiger partial charge in [-0.05, 0) is 12.1 Å². The molecule has 0 radical (unpaired) electrons. The summed E-state index contributed by atoms with van der Waals surface area (Å²) >= 11 is 0. The molecule has 1 atom stereocenters. The van der Waals surface area contributed by atoms with E-state index in [9.17, 15) is 19.7 Å².